The van der Waals surface area contributed by atoms with Crippen LogP contribution in [0.1, 0.15) is 19.9 Å². The molecular weight excluding hydrogens is 456 g/mol. The number of hydrogen-bond acceptors (Lipinski definition) is 7. The molecule has 1 saturated heterocycles. The molecule has 0 spiro atoms. The smallest absolute Gasteiger partial charge is 0.352 e. The van der Waals surface area contributed by atoms with Gasteiger partial charge in [-0.15, -0.1) is 11.8 Å². The molecule has 2 aliphatic heterocycles. The summed E-state index contributed by atoms with van der Waals surface area (Å²) in [5, 5.41) is 15.7. The predicted octanol–water partition coefficient (Wildman–Crippen LogP) is 0.508. The molecule has 12 heteroatoms. The summed E-state index contributed by atoms with van der Waals surface area (Å²) in [7, 11) is 0. The molecule has 3 atom stereocenters. The second-order valence-electron chi connectivity index (χ2n) is 6.25. The van der Waals surface area contributed by atoms with Crippen molar-refractivity contribution in [2.45, 2.75) is 31.3 Å². The number of ether oxygens (including phenoxy) is 1. The maximum Gasteiger partial charge on any atom is 0.352 e. The number of esters is 1. The molecular formula is C16H17BrN4O6S. The van der Waals surface area contributed by atoms with E-state index in [2.05, 4.69) is 26.3 Å². The number of amides is 2. The first kappa shape index (κ1) is 20.4. The number of nitrogens with one attached hydrogen (secondary N) is 1. The van der Waals surface area contributed by atoms with Crippen molar-refractivity contribution in [2.75, 3.05) is 12.4 Å². The number of carbonyl (C=O) groups is 4. The van der Waals surface area contributed by atoms with E-state index in [1.807, 2.05) is 0 Å². The monoisotopic (exact) mass is 472 g/mol. The van der Waals surface area contributed by atoms with Crippen LogP contribution in [0.3, 0.4) is 0 Å². The van der Waals surface area contributed by atoms with Crippen molar-refractivity contribution in [1.29, 1.82) is 0 Å². The first-order chi connectivity index (χ1) is 13.2. The quantitative estimate of drug-likeness (QED) is 0.452. The molecule has 3 rings (SSSR count). The second-order valence-corrected chi connectivity index (χ2v) is 8.27. The van der Waals surface area contributed by atoms with Gasteiger partial charge < -0.3 is 15.2 Å². The zero-order valence-corrected chi connectivity index (χ0v) is 17.3. The zero-order chi connectivity index (χ0) is 20.6. The summed E-state index contributed by atoms with van der Waals surface area (Å²) in [6.45, 7) is 2.67. The van der Waals surface area contributed by atoms with Gasteiger partial charge in [0.05, 0.1) is 10.7 Å². The Balaban J connectivity index is 1.72. The topological polar surface area (TPSA) is 131 Å². The van der Waals surface area contributed by atoms with E-state index in [4.69, 9.17) is 4.74 Å². The number of aliphatic carboxylic acids is 1. The highest BCUT2D eigenvalue weighted by Gasteiger charge is 2.54. The molecule has 2 N–H and O–H groups in total. The van der Waals surface area contributed by atoms with Crippen LogP contribution in [0.25, 0.3) is 0 Å². The Morgan fingerprint density at radius 2 is 2.21 bits per heavy atom. The molecule has 3 heterocycles. The number of fused-ring (bicyclic) bond motifs is 1. The fourth-order valence-electron chi connectivity index (χ4n) is 2.90. The highest BCUT2D eigenvalue weighted by molar-refractivity contribution is 9.10. The number of carboxylic acids is 1. The average molecular weight is 473 g/mol. The Labute approximate surface area is 172 Å². The molecule has 10 nitrogen and oxygen atoms in total. The van der Waals surface area contributed by atoms with E-state index in [9.17, 15) is 24.3 Å². The normalized spacial score (nSPS) is 22.2. The number of halogens is 1. The number of carboxylic acid groups (broad SMARTS) is 1. The van der Waals surface area contributed by atoms with Crippen molar-refractivity contribution in [3.05, 3.63) is 28.1 Å². The number of hydrogen-bond donors (Lipinski definition) is 2. The molecule has 150 valence electrons. The molecule has 2 aliphatic rings. The molecule has 2 amide bonds. The Hall–Kier alpha value is -2.34. The lowest BCUT2D eigenvalue weighted by Gasteiger charge is -2.49. The maximum atomic E-state index is 12.6. The lowest BCUT2D eigenvalue weighted by Crippen LogP contribution is -2.71. The summed E-state index contributed by atoms with van der Waals surface area (Å²) < 4.78 is 7.06. The van der Waals surface area contributed by atoms with Gasteiger partial charge in [-0.1, -0.05) is 0 Å². The largest absolute Gasteiger partial charge is 0.477 e. The van der Waals surface area contributed by atoms with Crippen molar-refractivity contribution >= 4 is 51.4 Å². The molecule has 0 aromatic carbocycles. The first-order valence-corrected chi connectivity index (χ1v) is 10.1. The minimum absolute atomic E-state index is 0.190. The van der Waals surface area contributed by atoms with Crippen LogP contribution >= 0.6 is 27.7 Å². The van der Waals surface area contributed by atoms with Gasteiger partial charge in [0.1, 0.15) is 29.8 Å². The summed E-state index contributed by atoms with van der Waals surface area (Å²) in [6, 6.07) is -1.47. The highest BCUT2D eigenvalue weighted by atomic mass is 79.9. The van der Waals surface area contributed by atoms with Crippen LogP contribution in [0.4, 0.5) is 0 Å². The van der Waals surface area contributed by atoms with Gasteiger partial charge in [0, 0.05) is 24.4 Å². The minimum Gasteiger partial charge on any atom is -0.477 e. The van der Waals surface area contributed by atoms with Gasteiger partial charge in [0.2, 0.25) is 5.91 Å². The first-order valence-electron chi connectivity index (χ1n) is 8.24. The minimum atomic E-state index is -1.28. The van der Waals surface area contributed by atoms with Gasteiger partial charge in [0.15, 0.2) is 0 Å². The molecule has 1 fully saturated rings. The number of rotatable bonds is 6. The predicted molar refractivity (Wildman–Crippen MR) is 101 cm³/mol. The Morgan fingerprint density at radius 1 is 1.50 bits per heavy atom. The third kappa shape index (κ3) is 3.78. The van der Waals surface area contributed by atoms with E-state index >= 15 is 0 Å². The standard InChI is InChI=1S/C16H17BrN4O6S/c1-7(20-4-10(17)3-18-20)13(23)19-11-14(24)21-12(16(25)26)9(5-27-8(2)22)6-28-15(11)21/h3-4,7,11,15H,5-6H2,1-2H3,(H,19,23)(H,25,26)/t7-,11-,15-/m1/s1. The molecule has 0 aliphatic carbocycles. The summed E-state index contributed by atoms with van der Waals surface area (Å²) in [5.74, 6) is -2.46. The van der Waals surface area contributed by atoms with E-state index in [-0.39, 0.29) is 18.1 Å². The van der Waals surface area contributed by atoms with E-state index in [0.717, 1.165) is 9.37 Å². The van der Waals surface area contributed by atoms with E-state index in [1.165, 1.54) is 23.4 Å². The Kier molecular flexibility index (Phi) is 5.79. The van der Waals surface area contributed by atoms with E-state index < -0.39 is 41.2 Å². The van der Waals surface area contributed by atoms with Crippen molar-refractivity contribution in [3.8, 4) is 0 Å². The van der Waals surface area contributed by atoms with E-state index in [0.29, 0.717) is 5.57 Å². The maximum absolute atomic E-state index is 12.6. The van der Waals surface area contributed by atoms with Gasteiger partial charge in [0.25, 0.3) is 5.91 Å². The van der Waals surface area contributed by atoms with Crippen LogP contribution < -0.4 is 5.32 Å². The zero-order valence-electron chi connectivity index (χ0n) is 14.9. The third-order valence-electron chi connectivity index (χ3n) is 4.34. The lowest BCUT2D eigenvalue weighted by molar-refractivity contribution is -0.151. The highest BCUT2D eigenvalue weighted by Crippen LogP contribution is 2.40. The van der Waals surface area contributed by atoms with Gasteiger partial charge >= 0.3 is 11.9 Å². The number of aromatic nitrogens is 2. The van der Waals surface area contributed by atoms with Gasteiger partial charge in [-0.2, -0.15) is 5.10 Å². The Morgan fingerprint density at radius 3 is 2.79 bits per heavy atom. The van der Waals surface area contributed by atoms with E-state index in [1.54, 1.807) is 19.3 Å². The van der Waals surface area contributed by atoms with Crippen LogP contribution in [0, 0.1) is 0 Å². The van der Waals surface area contributed by atoms with Gasteiger partial charge in [-0.25, -0.2) is 4.79 Å². The van der Waals surface area contributed by atoms with Gasteiger partial charge in [-0.3, -0.25) is 24.0 Å². The van der Waals surface area contributed by atoms with Crippen LogP contribution in [0.5, 0.6) is 0 Å². The molecule has 0 bridgehead atoms. The third-order valence-corrected chi connectivity index (χ3v) is 6.09. The van der Waals surface area contributed by atoms with Crippen molar-refractivity contribution in [1.82, 2.24) is 20.0 Å². The number of carbonyl (C=O) groups excluding carboxylic acids is 3. The average Bonchev–Trinajstić information content (AvgIpc) is 3.08. The van der Waals surface area contributed by atoms with Crippen molar-refractivity contribution < 1.29 is 29.0 Å². The summed E-state index contributed by atoms with van der Waals surface area (Å²) in [6.07, 6.45) is 3.19. The Bertz CT molecular complexity index is 884. The molecule has 1 aromatic heterocycles. The molecule has 1 aromatic rings. The second kappa shape index (κ2) is 7.95. The fourth-order valence-corrected chi connectivity index (χ4v) is 4.53. The number of β-lactam (4-membered cyclic amide) rings is 1. The number of nitrogens with zero attached hydrogens (tertiary/aromatic N) is 3. The summed E-state index contributed by atoms with van der Waals surface area (Å²) in [5.41, 5.74) is 0.154. The van der Waals surface area contributed by atoms with Crippen molar-refractivity contribution in [3.63, 3.8) is 0 Å². The number of thioether (sulfide) groups is 1. The molecule has 0 radical (unpaired) electrons. The lowest BCUT2D eigenvalue weighted by atomic mass is 10.0. The summed E-state index contributed by atoms with van der Waals surface area (Å²) >= 11 is 4.56. The van der Waals surface area contributed by atoms with Crippen LogP contribution in [0.15, 0.2) is 28.1 Å². The fraction of sp³-hybridized carbons (Fsp3) is 0.438. The summed E-state index contributed by atoms with van der Waals surface area (Å²) in [4.78, 5) is 48.8. The van der Waals surface area contributed by atoms with Crippen LogP contribution in [-0.4, -0.2) is 67.3 Å². The molecule has 0 unspecified atom stereocenters. The van der Waals surface area contributed by atoms with Crippen LogP contribution in [-0.2, 0) is 23.9 Å². The van der Waals surface area contributed by atoms with Crippen LogP contribution in [0.2, 0.25) is 0 Å². The molecule has 28 heavy (non-hydrogen) atoms. The molecule has 0 saturated carbocycles. The SMILES string of the molecule is CC(=O)OCC1=C(C(=O)O)N2C(=O)[C@@H](NC(=O)[C@@H](C)n3cc(Br)cn3)[C@H]2SC1. The van der Waals surface area contributed by atoms with Crippen molar-refractivity contribution in [2.24, 2.45) is 0 Å². The van der Waals surface area contributed by atoms with Gasteiger partial charge in [-0.05, 0) is 22.9 Å².